The number of primary amides is 1. The van der Waals surface area contributed by atoms with E-state index in [1.165, 1.54) is 34.9 Å². The van der Waals surface area contributed by atoms with Gasteiger partial charge >= 0.3 is 5.97 Å². The van der Waals surface area contributed by atoms with Crippen molar-refractivity contribution in [2.75, 3.05) is 4.90 Å². The molecule has 1 saturated heterocycles. The van der Waals surface area contributed by atoms with Crippen LogP contribution in [0.15, 0.2) is 48.5 Å². The summed E-state index contributed by atoms with van der Waals surface area (Å²) in [4.78, 5) is 36.9. The number of phenolic OH excluding ortho intramolecular Hbond substituents is 1. The van der Waals surface area contributed by atoms with Crippen LogP contribution >= 0.6 is 11.8 Å². The number of aromatic hydroxyl groups is 1. The van der Waals surface area contributed by atoms with E-state index in [2.05, 4.69) is 0 Å². The normalized spacial score (nSPS) is 19.5. The van der Waals surface area contributed by atoms with E-state index in [0.717, 1.165) is 5.56 Å². The highest BCUT2D eigenvalue weighted by Gasteiger charge is 2.42. The van der Waals surface area contributed by atoms with Crippen LogP contribution in [0.3, 0.4) is 0 Å². The van der Waals surface area contributed by atoms with E-state index in [1.54, 1.807) is 30.3 Å². The van der Waals surface area contributed by atoms with Gasteiger partial charge in [0.05, 0.1) is 11.7 Å². The molecule has 26 heavy (non-hydrogen) atoms. The monoisotopic (exact) mass is 372 g/mol. The molecule has 0 aromatic heterocycles. The second-order valence-electron chi connectivity index (χ2n) is 5.79. The zero-order chi connectivity index (χ0) is 18.8. The first-order valence-electron chi connectivity index (χ1n) is 7.76. The van der Waals surface area contributed by atoms with Crippen LogP contribution in [0.5, 0.6) is 5.75 Å². The molecule has 0 spiro atoms. The fourth-order valence-corrected chi connectivity index (χ4v) is 4.22. The average molecular weight is 372 g/mol. The van der Waals surface area contributed by atoms with Crippen LogP contribution in [0.1, 0.15) is 27.7 Å². The summed E-state index contributed by atoms with van der Waals surface area (Å²) in [6.07, 6.45) is -0.301. The maximum Gasteiger partial charge on any atom is 0.305 e. The first-order valence-corrected chi connectivity index (χ1v) is 8.70. The molecule has 1 aliphatic heterocycles. The van der Waals surface area contributed by atoms with E-state index in [1.807, 2.05) is 0 Å². The fourth-order valence-electron chi connectivity index (χ4n) is 2.78. The van der Waals surface area contributed by atoms with E-state index >= 15 is 0 Å². The molecule has 8 heteroatoms. The maximum absolute atomic E-state index is 12.8. The van der Waals surface area contributed by atoms with E-state index < -0.39 is 22.5 Å². The average Bonchev–Trinajstić information content (AvgIpc) is 2.91. The molecule has 4 N–H and O–H groups in total. The zero-order valence-electron chi connectivity index (χ0n) is 13.5. The van der Waals surface area contributed by atoms with Crippen LogP contribution in [0, 0.1) is 0 Å². The van der Waals surface area contributed by atoms with Crippen molar-refractivity contribution in [2.45, 2.75) is 17.0 Å². The Labute approximate surface area is 153 Å². The summed E-state index contributed by atoms with van der Waals surface area (Å²) in [6, 6.07) is 12.7. The second kappa shape index (κ2) is 7.09. The van der Waals surface area contributed by atoms with Crippen LogP contribution in [0.2, 0.25) is 0 Å². The Morgan fingerprint density at radius 3 is 2.46 bits per heavy atom. The van der Waals surface area contributed by atoms with Gasteiger partial charge in [-0.15, -0.1) is 11.8 Å². The van der Waals surface area contributed by atoms with Gasteiger partial charge in [-0.05, 0) is 35.9 Å². The number of hydrogen-bond acceptors (Lipinski definition) is 5. The largest absolute Gasteiger partial charge is 0.508 e. The van der Waals surface area contributed by atoms with Crippen LogP contribution in [-0.4, -0.2) is 33.2 Å². The molecule has 0 saturated carbocycles. The Morgan fingerprint density at radius 2 is 1.85 bits per heavy atom. The number of carboxylic acid groups (broad SMARTS) is 1. The van der Waals surface area contributed by atoms with Crippen molar-refractivity contribution in [2.24, 2.45) is 5.73 Å². The van der Waals surface area contributed by atoms with Gasteiger partial charge in [0.1, 0.15) is 11.1 Å². The lowest BCUT2D eigenvalue weighted by Gasteiger charge is -2.24. The lowest BCUT2D eigenvalue weighted by atomic mass is 10.1. The van der Waals surface area contributed by atoms with Crippen LogP contribution in [0.25, 0.3) is 0 Å². The van der Waals surface area contributed by atoms with Gasteiger partial charge in [0.15, 0.2) is 0 Å². The standard InChI is InChI=1S/C18H16N2O5S/c19-16(24)11-2-1-3-12(8-11)20-17(25)14(9-15(22)23)26-18(20)10-4-6-13(21)7-5-10/h1-8,14,18,21H,9H2,(H2,19,24)(H,22,23). The van der Waals surface area contributed by atoms with Crippen LogP contribution in [-0.2, 0) is 9.59 Å². The Balaban J connectivity index is 2.03. The van der Waals surface area contributed by atoms with Crippen LogP contribution < -0.4 is 10.6 Å². The SMILES string of the molecule is NC(=O)c1cccc(N2C(=O)C(CC(=O)O)SC2c2ccc(O)cc2)c1. The van der Waals surface area contributed by atoms with Crippen molar-refractivity contribution in [3.8, 4) is 5.75 Å². The summed E-state index contributed by atoms with van der Waals surface area (Å²) in [7, 11) is 0. The number of carbonyl (C=O) groups excluding carboxylic acids is 2. The number of carbonyl (C=O) groups is 3. The minimum Gasteiger partial charge on any atom is -0.508 e. The third-order valence-corrected chi connectivity index (χ3v) is 5.43. The number of rotatable bonds is 5. The number of benzene rings is 2. The molecular weight excluding hydrogens is 356 g/mol. The third kappa shape index (κ3) is 3.50. The molecule has 2 unspecified atom stereocenters. The minimum atomic E-state index is -1.06. The molecule has 1 aliphatic rings. The molecule has 3 rings (SSSR count). The van der Waals surface area contributed by atoms with Crippen molar-refractivity contribution >= 4 is 35.2 Å². The van der Waals surface area contributed by atoms with Gasteiger partial charge in [0.2, 0.25) is 11.8 Å². The highest BCUT2D eigenvalue weighted by Crippen LogP contribution is 2.46. The molecule has 2 aromatic carbocycles. The summed E-state index contributed by atoms with van der Waals surface area (Å²) in [5.74, 6) is -1.94. The summed E-state index contributed by atoms with van der Waals surface area (Å²) < 4.78 is 0. The van der Waals surface area contributed by atoms with Crippen molar-refractivity contribution < 1.29 is 24.6 Å². The highest BCUT2D eigenvalue weighted by atomic mass is 32.2. The number of anilines is 1. The Bertz CT molecular complexity index is 868. The molecule has 2 aromatic rings. The molecule has 1 fully saturated rings. The van der Waals surface area contributed by atoms with E-state index in [-0.39, 0.29) is 23.6 Å². The first-order chi connectivity index (χ1) is 12.4. The number of hydrogen-bond donors (Lipinski definition) is 3. The molecule has 2 atom stereocenters. The number of thioether (sulfide) groups is 1. The smallest absolute Gasteiger partial charge is 0.305 e. The molecule has 0 radical (unpaired) electrons. The lowest BCUT2D eigenvalue weighted by Crippen LogP contribution is -2.32. The van der Waals surface area contributed by atoms with E-state index in [9.17, 15) is 19.5 Å². The third-order valence-electron chi connectivity index (χ3n) is 3.99. The zero-order valence-corrected chi connectivity index (χ0v) is 14.3. The number of phenols is 1. The summed E-state index contributed by atoms with van der Waals surface area (Å²) in [5, 5.41) is 17.3. The Morgan fingerprint density at radius 1 is 1.15 bits per heavy atom. The first kappa shape index (κ1) is 17.8. The fraction of sp³-hybridized carbons (Fsp3) is 0.167. The van der Waals surface area contributed by atoms with E-state index in [4.69, 9.17) is 10.8 Å². The topological polar surface area (TPSA) is 121 Å². The van der Waals surface area contributed by atoms with Gasteiger partial charge in [0, 0.05) is 11.3 Å². The lowest BCUT2D eigenvalue weighted by molar-refractivity contribution is -0.138. The Kier molecular flexibility index (Phi) is 4.85. The minimum absolute atomic E-state index is 0.0902. The van der Waals surface area contributed by atoms with Gasteiger partial charge in [-0.3, -0.25) is 19.3 Å². The second-order valence-corrected chi connectivity index (χ2v) is 7.08. The summed E-state index contributed by atoms with van der Waals surface area (Å²) in [5.41, 5.74) is 6.77. The van der Waals surface area contributed by atoms with E-state index in [0.29, 0.717) is 5.69 Å². The van der Waals surface area contributed by atoms with Crippen molar-refractivity contribution in [1.29, 1.82) is 0 Å². The van der Waals surface area contributed by atoms with Gasteiger partial charge in [0.25, 0.3) is 0 Å². The molecule has 2 amide bonds. The number of carboxylic acids is 1. The van der Waals surface area contributed by atoms with Crippen LogP contribution in [0.4, 0.5) is 5.69 Å². The molecule has 1 heterocycles. The van der Waals surface area contributed by atoms with Gasteiger partial charge < -0.3 is 15.9 Å². The highest BCUT2D eigenvalue weighted by molar-refractivity contribution is 8.01. The van der Waals surface area contributed by atoms with Gasteiger partial charge in [-0.2, -0.15) is 0 Å². The quantitative estimate of drug-likeness (QED) is 0.739. The predicted octanol–water partition coefficient (Wildman–Crippen LogP) is 2.11. The van der Waals surface area contributed by atoms with Crippen molar-refractivity contribution in [3.05, 3.63) is 59.7 Å². The summed E-state index contributed by atoms with van der Waals surface area (Å²) in [6.45, 7) is 0. The molecule has 0 aliphatic carbocycles. The van der Waals surface area contributed by atoms with Crippen molar-refractivity contribution in [1.82, 2.24) is 0 Å². The maximum atomic E-state index is 12.8. The van der Waals surface area contributed by atoms with Gasteiger partial charge in [-0.1, -0.05) is 18.2 Å². The molecule has 134 valence electrons. The molecular formula is C18H16N2O5S. The number of amides is 2. The Hall–Kier alpha value is -3.00. The molecule has 0 bridgehead atoms. The molecule has 7 nitrogen and oxygen atoms in total. The number of nitrogens with two attached hydrogens (primary N) is 1. The predicted molar refractivity (Wildman–Crippen MR) is 96.9 cm³/mol. The van der Waals surface area contributed by atoms with Crippen molar-refractivity contribution in [3.63, 3.8) is 0 Å². The summed E-state index contributed by atoms with van der Waals surface area (Å²) >= 11 is 1.22. The number of aliphatic carboxylic acids is 1. The number of nitrogens with zero attached hydrogens (tertiary/aromatic N) is 1. The van der Waals surface area contributed by atoms with Gasteiger partial charge in [-0.25, -0.2) is 0 Å².